The summed E-state index contributed by atoms with van der Waals surface area (Å²) in [6, 6.07) is 0. The van der Waals surface area contributed by atoms with E-state index in [1.54, 1.807) is 0 Å². The van der Waals surface area contributed by atoms with Gasteiger partial charge in [-0.3, -0.25) is 9.35 Å². The summed E-state index contributed by atoms with van der Waals surface area (Å²) in [6.45, 7) is 1.33. The zero-order valence-electron chi connectivity index (χ0n) is 16.9. The molecule has 160 valence electrons. The normalized spacial score (nSPS) is 12.0. The van der Waals surface area contributed by atoms with E-state index in [4.69, 9.17) is 9.66 Å². The summed E-state index contributed by atoms with van der Waals surface area (Å²) in [5, 5.41) is 8.78. The molecule has 6 nitrogen and oxygen atoms in total. The molecule has 0 aliphatic carbocycles. The number of aliphatic hydroxyl groups excluding tert-OH is 1. The summed E-state index contributed by atoms with van der Waals surface area (Å²) in [5.41, 5.74) is 0. The van der Waals surface area contributed by atoms with Crippen molar-refractivity contribution in [2.75, 3.05) is 13.2 Å². The quantitative estimate of drug-likeness (QED) is 0.197. The van der Waals surface area contributed by atoms with E-state index in [1.807, 2.05) is 0 Å². The molecule has 0 spiro atoms. The maximum Gasteiger partial charge on any atom is 0.362 e. The third kappa shape index (κ3) is 15.8. The van der Waals surface area contributed by atoms with E-state index < -0.39 is 29.4 Å². The Morgan fingerprint density at radius 3 is 1.81 bits per heavy atom. The lowest BCUT2D eigenvalue weighted by Gasteiger charge is -2.17. The predicted molar refractivity (Wildman–Crippen MR) is 110 cm³/mol. The van der Waals surface area contributed by atoms with Crippen LogP contribution in [0.4, 0.5) is 0 Å². The van der Waals surface area contributed by atoms with Crippen LogP contribution in [-0.4, -0.2) is 41.4 Å². The Hall–Kier alpha value is -0.920. The molecule has 0 aromatic heterocycles. The summed E-state index contributed by atoms with van der Waals surface area (Å²) >= 11 is 0. The average Bonchev–Trinajstić information content (AvgIpc) is 2.61. The van der Waals surface area contributed by atoms with Gasteiger partial charge in [-0.2, -0.15) is 8.42 Å². The van der Waals surface area contributed by atoms with E-state index in [0.717, 1.165) is 32.1 Å². The van der Waals surface area contributed by atoms with E-state index in [0.29, 0.717) is 10.7 Å². The molecule has 0 aromatic carbocycles. The van der Waals surface area contributed by atoms with Crippen LogP contribution in [0.25, 0.3) is 0 Å². The molecule has 0 radical (unpaired) electrons. The Bertz CT molecular complexity index is 491. The monoisotopic (exact) mass is 405 g/mol. The number of carbonyl (C=O) groups excluding carboxylic acids is 1. The SMILES string of the molecule is CCCCCCCC/C=C\CCCCCCCC(=O)N(CCO)S(=O)(=O)O. The molecule has 27 heavy (non-hydrogen) atoms. The molecule has 0 heterocycles. The lowest BCUT2D eigenvalue weighted by atomic mass is 10.1. The smallest absolute Gasteiger partial charge is 0.362 e. The zero-order chi connectivity index (χ0) is 20.4. The minimum atomic E-state index is -4.58. The first-order valence-corrected chi connectivity index (χ1v) is 11.9. The predicted octanol–water partition coefficient (Wildman–Crippen LogP) is 4.65. The first-order chi connectivity index (χ1) is 12.9. The van der Waals surface area contributed by atoms with Crippen molar-refractivity contribution in [3.05, 3.63) is 12.2 Å². The van der Waals surface area contributed by atoms with Gasteiger partial charge in [0, 0.05) is 6.42 Å². The molecule has 2 N–H and O–H groups in total. The number of allylic oxidation sites excluding steroid dienone is 2. The second-order valence-electron chi connectivity index (χ2n) is 7.00. The van der Waals surface area contributed by atoms with Crippen LogP contribution in [0.5, 0.6) is 0 Å². The molecule has 0 atom stereocenters. The van der Waals surface area contributed by atoms with E-state index in [1.165, 1.54) is 44.9 Å². The van der Waals surface area contributed by atoms with Gasteiger partial charge in [0.15, 0.2) is 0 Å². The summed E-state index contributed by atoms with van der Waals surface area (Å²) in [6.07, 6.45) is 19.5. The van der Waals surface area contributed by atoms with Gasteiger partial charge in [0.2, 0.25) is 5.91 Å². The lowest BCUT2D eigenvalue weighted by Crippen LogP contribution is -2.38. The number of aliphatic hydroxyl groups is 1. The van der Waals surface area contributed by atoms with Gasteiger partial charge in [0.25, 0.3) is 0 Å². The van der Waals surface area contributed by atoms with Crippen LogP contribution >= 0.6 is 0 Å². The van der Waals surface area contributed by atoms with Crippen LogP contribution in [0, 0.1) is 0 Å². The Labute approximate surface area is 165 Å². The summed E-state index contributed by atoms with van der Waals surface area (Å²) < 4.78 is 31.4. The molecular weight excluding hydrogens is 366 g/mol. The Kier molecular flexibility index (Phi) is 16.6. The summed E-state index contributed by atoms with van der Waals surface area (Å²) in [7, 11) is -4.58. The topological polar surface area (TPSA) is 94.9 Å². The van der Waals surface area contributed by atoms with Crippen LogP contribution < -0.4 is 0 Å². The fraction of sp³-hybridized carbons (Fsp3) is 0.850. The van der Waals surface area contributed by atoms with Crippen LogP contribution in [0.1, 0.15) is 96.8 Å². The van der Waals surface area contributed by atoms with Gasteiger partial charge in [-0.25, -0.2) is 4.31 Å². The van der Waals surface area contributed by atoms with Crippen LogP contribution in [0.2, 0.25) is 0 Å². The van der Waals surface area contributed by atoms with Gasteiger partial charge in [-0.1, -0.05) is 70.4 Å². The molecule has 0 aromatic rings. The van der Waals surface area contributed by atoms with E-state index in [2.05, 4.69) is 19.1 Å². The van der Waals surface area contributed by atoms with Crippen molar-refractivity contribution < 1.29 is 22.9 Å². The highest BCUT2D eigenvalue weighted by Gasteiger charge is 2.23. The van der Waals surface area contributed by atoms with Crippen LogP contribution in [0.15, 0.2) is 12.2 Å². The molecule has 1 amide bonds. The minimum Gasteiger partial charge on any atom is -0.394 e. The van der Waals surface area contributed by atoms with Gasteiger partial charge < -0.3 is 5.11 Å². The van der Waals surface area contributed by atoms with Crippen molar-refractivity contribution in [2.45, 2.75) is 96.8 Å². The highest BCUT2D eigenvalue weighted by molar-refractivity contribution is 7.84. The van der Waals surface area contributed by atoms with Gasteiger partial charge >= 0.3 is 10.3 Å². The third-order valence-corrected chi connectivity index (χ3v) is 5.46. The Morgan fingerprint density at radius 2 is 1.33 bits per heavy atom. The molecular formula is C20H39NO5S. The number of hydrogen-bond acceptors (Lipinski definition) is 4. The fourth-order valence-corrected chi connectivity index (χ4v) is 3.59. The second kappa shape index (κ2) is 17.2. The van der Waals surface area contributed by atoms with Crippen molar-refractivity contribution in [3.8, 4) is 0 Å². The average molecular weight is 406 g/mol. The molecule has 0 aliphatic rings. The molecule has 0 fully saturated rings. The number of rotatable bonds is 18. The summed E-state index contributed by atoms with van der Waals surface area (Å²) in [4.78, 5) is 11.8. The first-order valence-electron chi connectivity index (χ1n) is 10.5. The highest BCUT2D eigenvalue weighted by atomic mass is 32.2. The van der Waals surface area contributed by atoms with Crippen molar-refractivity contribution >= 4 is 16.2 Å². The third-order valence-electron chi connectivity index (χ3n) is 4.51. The van der Waals surface area contributed by atoms with E-state index >= 15 is 0 Å². The Balaban J connectivity index is 3.56. The van der Waals surface area contributed by atoms with E-state index in [9.17, 15) is 13.2 Å². The number of hydrogen-bond donors (Lipinski definition) is 2. The number of carbonyl (C=O) groups is 1. The number of nitrogens with zero attached hydrogens (tertiary/aromatic N) is 1. The molecule has 7 heteroatoms. The van der Waals surface area contributed by atoms with Crippen molar-refractivity contribution in [1.82, 2.24) is 4.31 Å². The highest BCUT2D eigenvalue weighted by Crippen LogP contribution is 2.11. The molecule has 0 unspecified atom stereocenters. The minimum absolute atomic E-state index is 0.0674. The number of unbranched alkanes of at least 4 members (excludes halogenated alkanes) is 11. The molecule has 0 saturated carbocycles. The summed E-state index contributed by atoms with van der Waals surface area (Å²) in [5.74, 6) is -0.663. The van der Waals surface area contributed by atoms with Crippen molar-refractivity contribution in [3.63, 3.8) is 0 Å². The molecule has 0 rings (SSSR count). The first kappa shape index (κ1) is 26.1. The Morgan fingerprint density at radius 1 is 0.852 bits per heavy atom. The number of amides is 1. The lowest BCUT2D eigenvalue weighted by molar-refractivity contribution is -0.127. The van der Waals surface area contributed by atoms with E-state index in [-0.39, 0.29) is 6.42 Å². The van der Waals surface area contributed by atoms with Crippen LogP contribution in [-0.2, 0) is 15.1 Å². The molecule has 0 saturated heterocycles. The van der Waals surface area contributed by atoms with Gasteiger partial charge in [0.1, 0.15) is 0 Å². The van der Waals surface area contributed by atoms with Gasteiger partial charge in [0.05, 0.1) is 13.2 Å². The van der Waals surface area contributed by atoms with Crippen LogP contribution in [0.3, 0.4) is 0 Å². The molecule has 0 bridgehead atoms. The van der Waals surface area contributed by atoms with Gasteiger partial charge in [-0.05, 0) is 32.1 Å². The van der Waals surface area contributed by atoms with Crippen molar-refractivity contribution in [1.29, 1.82) is 0 Å². The van der Waals surface area contributed by atoms with Crippen molar-refractivity contribution in [2.24, 2.45) is 0 Å². The fourth-order valence-electron chi connectivity index (χ4n) is 2.93. The molecule has 0 aliphatic heterocycles. The zero-order valence-corrected chi connectivity index (χ0v) is 17.8. The van der Waals surface area contributed by atoms with Gasteiger partial charge in [-0.15, -0.1) is 0 Å². The second-order valence-corrected chi connectivity index (χ2v) is 8.34. The maximum atomic E-state index is 11.8. The standard InChI is InChI=1S/C20H39NO5S/c1-2-3-4-5-6-7-8-9-10-11-12-13-14-15-16-17-20(23)21(18-19-22)27(24,25)26/h9-10,22H,2-8,11-19H2,1H3,(H,24,25,26)/b10-9-. The maximum absolute atomic E-state index is 11.8. The largest absolute Gasteiger partial charge is 0.394 e.